The van der Waals surface area contributed by atoms with Gasteiger partial charge in [0.05, 0.1) is 10.6 Å². The third-order valence-corrected chi connectivity index (χ3v) is 3.88. The maximum atomic E-state index is 13.1. The molecular formula is C13H8F2N4O4S. The molecule has 0 aliphatic carbocycles. The van der Waals surface area contributed by atoms with Crippen molar-refractivity contribution < 1.29 is 26.9 Å². The van der Waals surface area contributed by atoms with E-state index in [2.05, 4.69) is 20.3 Å². The Morgan fingerprint density at radius 3 is 2.33 bits per heavy atom. The lowest BCUT2D eigenvalue weighted by atomic mass is 10.1. The number of aromatic nitrogens is 3. The highest BCUT2D eigenvalue weighted by Crippen LogP contribution is 2.35. The number of hydrogen-bond acceptors (Lipinski definition) is 7. The summed E-state index contributed by atoms with van der Waals surface area (Å²) in [7, 11) is -4.56. The first-order valence-electron chi connectivity index (χ1n) is 6.31. The van der Waals surface area contributed by atoms with E-state index in [1.807, 2.05) is 0 Å². The van der Waals surface area contributed by atoms with E-state index in [0.29, 0.717) is 0 Å². The van der Waals surface area contributed by atoms with Crippen LogP contribution < -0.4 is 5.32 Å². The zero-order valence-electron chi connectivity index (χ0n) is 11.6. The van der Waals surface area contributed by atoms with Crippen LogP contribution in [0, 0.1) is 12.2 Å². The quantitative estimate of drug-likeness (QED) is 0.610. The highest BCUT2D eigenvalue weighted by atomic mass is 32.2. The number of fused-ring (bicyclic) bond motifs is 1. The van der Waals surface area contributed by atoms with Crippen LogP contribution in [0.5, 0.6) is 5.75 Å². The fourth-order valence-corrected chi connectivity index (χ4v) is 2.67. The highest BCUT2D eigenvalue weighted by Gasteiger charge is 2.17. The summed E-state index contributed by atoms with van der Waals surface area (Å²) in [5, 5.41) is 12.8. The third kappa shape index (κ3) is 3.07. The summed E-state index contributed by atoms with van der Waals surface area (Å²) in [5.41, 5.74) is -0.0803. The summed E-state index contributed by atoms with van der Waals surface area (Å²) in [6.07, 6.45) is -2.77. The van der Waals surface area contributed by atoms with Crippen molar-refractivity contribution >= 4 is 32.5 Å². The molecule has 0 spiro atoms. The predicted octanol–water partition coefficient (Wildman–Crippen LogP) is 2.00. The molecule has 0 fully saturated rings. The summed E-state index contributed by atoms with van der Waals surface area (Å²) < 4.78 is 58.1. The molecule has 0 bridgehead atoms. The van der Waals surface area contributed by atoms with E-state index in [9.17, 15) is 26.9 Å². The number of aromatic hydroxyl groups is 1. The van der Waals surface area contributed by atoms with Crippen LogP contribution in [0.3, 0.4) is 0 Å². The number of nitrogens with zero attached hydrogens (tertiary/aromatic N) is 3. The number of anilines is 2. The van der Waals surface area contributed by atoms with E-state index in [4.69, 9.17) is 0 Å². The Morgan fingerprint density at radius 2 is 1.71 bits per heavy atom. The Hall–Kier alpha value is -2.92. The molecule has 8 nitrogen and oxygen atoms in total. The van der Waals surface area contributed by atoms with Gasteiger partial charge in [0, 0.05) is 5.39 Å². The standard InChI is InChI=1S/C13H8F2N4O4S/c14-11-17-12(15)19-13(18-11)16-8-5-7(24(21,22)23)4-6-2-1-3-9(20)10(6)8/h1-5,20H,(H,21,22,23)(H,16,17,18,19). The van der Waals surface area contributed by atoms with Gasteiger partial charge in [0.1, 0.15) is 5.75 Å². The van der Waals surface area contributed by atoms with Gasteiger partial charge in [-0.3, -0.25) is 4.55 Å². The van der Waals surface area contributed by atoms with Crippen molar-refractivity contribution in [2.45, 2.75) is 4.90 Å². The minimum Gasteiger partial charge on any atom is -0.507 e. The zero-order valence-corrected chi connectivity index (χ0v) is 12.4. The molecule has 0 radical (unpaired) electrons. The van der Waals surface area contributed by atoms with Crippen molar-refractivity contribution in [2.24, 2.45) is 0 Å². The zero-order chi connectivity index (χ0) is 17.5. The number of rotatable bonds is 3. The van der Waals surface area contributed by atoms with Crippen molar-refractivity contribution in [1.82, 2.24) is 15.0 Å². The molecule has 0 saturated heterocycles. The second kappa shape index (κ2) is 5.62. The number of phenolic OH excluding ortho intramolecular Hbond substituents is 1. The Morgan fingerprint density at radius 1 is 1.04 bits per heavy atom. The minimum atomic E-state index is -4.56. The molecule has 0 unspecified atom stereocenters. The van der Waals surface area contributed by atoms with Gasteiger partial charge < -0.3 is 10.4 Å². The fraction of sp³-hybridized carbons (Fsp3) is 0. The molecule has 0 aliphatic heterocycles. The third-order valence-electron chi connectivity index (χ3n) is 3.05. The normalized spacial score (nSPS) is 11.6. The first-order valence-corrected chi connectivity index (χ1v) is 7.75. The molecule has 3 N–H and O–H groups in total. The molecule has 3 rings (SSSR count). The summed E-state index contributed by atoms with van der Waals surface area (Å²) in [6.45, 7) is 0. The van der Waals surface area contributed by atoms with Crippen LogP contribution in [-0.2, 0) is 10.1 Å². The van der Waals surface area contributed by atoms with Crippen molar-refractivity contribution in [3.63, 3.8) is 0 Å². The maximum absolute atomic E-state index is 13.1. The van der Waals surface area contributed by atoms with E-state index in [1.165, 1.54) is 18.2 Å². The van der Waals surface area contributed by atoms with Gasteiger partial charge >= 0.3 is 12.2 Å². The van der Waals surface area contributed by atoms with Crippen LogP contribution in [0.2, 0.25) is 0 Å². The molecule has 1 heterocycles. The topological polar surface area (TPSA) is 125 Å². The Bertz CT molecular complexity index is 1040. The van der Waals surface area contributed by atoms with E-state index < -0.39 is 33.1 Å². The molecule has 0 aliphatic rings. The van der Waals surface area contributed by atoms with Crippen LogP contribution >= 0.6 is 0 Å². The van der Waals surface area contributed by atoms with Gasteiger partial charge in [0.25, 0.3) is 10.1 Å². The molecule has 124 valence electrons. The van der Waals surface area contributed by atoms with Gasteiger partial charge in [-0.15, -0.1) is 0 Å². The number of phenols is 1. The van der Waals surface area contributed by atoms with Gasteiger partial charge in [0.15, 0.2) is 0 Å². The lowest BCUT2D eigenvalue weighted by Crippen LogP contribution is -2.06. The van der Waals surface area contributed by atoms with Crippen LogP contribution in [-0.4, -0.2) is 33.0 Å². The second-order valence-electron chi connectivity index (χ2n) is 4.64. The van der Waals surface area contributed by atoms with Crippen LogP contribution in [0.15, 0.2) is 35.2 Å². The summed E-state index contributed by atoms with van der Waals surface area (Å²) in [6, 6.07) is 6.36. The van der Waals surface area contributed by atoms with Gasteiger partial charge in [-0.05, 0) is 23.6 Å². The van der Waals surface area contributed by atoms with Gasteiger partial charge in [-0.25, -0.2) is 0 Å². The summed E-state index contributed by atoms with van der Waals surface area (Å²) in [5.74, 6) is -0.774. The van der Waals surface area contributed by atoms with E-state index in [-0.39, 0.29) is 22.2 Å². The van der Waals surface area contributed by atoms with Gasteiger partial charge in [-0.1, -0.05) is 12.1 Å². The molecule has 11 heteroatoms. The average Bonchev–Trinajstić information content (AvgIpc) is 2.45. The van der Waals surface area contributed by atoms with Crippen molar-refractivity contribution in [2.75, 3.05) is 5.32 Å². The number of nitrogens with one attached hydrogen (secondary N) is 1. The van der Waals surface area contributed by atoms with Crippen LogP contribution in [0.25, 0.3) is 10.8 Å². The maximum Gasteiger partial charge on any atom is 0.315 e. The summed E-state index contributed by atoms with van der Waals surface area (Å²) in [4.78, 5) is 8.69. The Kier molecular flexibility index (Phi) is 3.73. The number of halogens is 2. The minimum absolute atomic E-state index is 0.0803. The average molecular weight is 354 g/mol. The van der Waals surface area contributed by atoms with Gasteiger partial charge in [0.2, 0.25) is 5.95 Å². The van der Waals surface area contributed by atoms with Gasteiger partial charge in [-0.2, -0.15) is 32.2 Å². The second-order valence-corrected chi connectivity index (χ2v) is 6.06. The van der Waals surface area contributed by atoms with E-state index in [0.717, 1.165) is 12.1 Å². The molecular weight excluding hydrogens is 346 g/mol. The van der Waals surface area contributed by atoms with Crippen molar-refractivity contribution in [3.05, 3.63) is 42.5 Å². The summed E-state index contributed by atoms with van der Waals surface area (Å²) >= 11 is 0. The highest BCUT2D eigenvalue weighted by molar-refractivity contribution is 7.85. The molecule has 3 aromatic rings. The molecule has 0 saturated carbocycles. The largest absolute Gasteiger partial charge is 0.507 e. The lowest BCUT2D eigenvalue weighted by Gasteiger charge is -2.11. The van der Waals surface area contributed by atoms with Crippen LogP contribution in [0.4, 0.5) is 20.4 Å². The monoisotopic (exact) mass is 354 g/mol. The molecule has 1 aromatic heterocycles. The predicted molar refractivity (Wildman–Crippen MR) is 78.5 cm³/mol. The number of benzene rings is 2. The van der Waals surface area contributed by atoms with Crippen molar-refractivity contribution in [3.8, 4) is 5.75 Å². The smallest absolute Gasteiger partial charge is 0.315 e. The molecule has 24 heavy (non-hydrogen) atoms. The first-order chi connectivity index (χ1) is 11.2. The molecule has 2 aromatic carbocycles. The first kappa shape index (κ1) is 16.0. The SMILES string of the molecule is O=S(=O)(O)c1cc(Nc2nc(F)nc(F)n2)c2c(O)cccc2c1. The van der Waals surface area contributed by atoms with E-state index >= 15 is 0 Å². The Labute approximate surface area is 133 Å². The number of hydrogen-bond donors (Lipinski definition) is 3. The fourth-order valence-electron chi connectivity index (χ4n) is 2.13. The van der Waals surface area contributed by atoms with Crippen LogP contribution in [0.1, 0.15) is 0 Å². The molecule has 0 amide bonds. The Balaban J connectivity index is 2.24. The lowest BCUT2D eigenvalue weighted by molar-refractivity contribution is 0.458. The van der Waals surface area contributed by atoms with E-state index in [1.54, 1.807) is 0 Å². The molecule has 0 atom stereocenters. The van der Waals surface area contributed by atoms with Crippen molar-refractivity contribution in [1.29, 1.82) is 0 Å².